The summed E-state index contributed by atoms with van der Waals surface area (Å²) < 4.78 is 11.2. The number of morpholine rings is 1. The molecular weight excluding hydrogens is 352 g/mol. The van der Waals surface area contributed by atoms with Crippen LogP contribution in [0.4, 0.5) is 0 Å². The highest BCUT2D eigenvalue weighted by Gasteiger charge is 2.20. The van der Waals surface area contributed by atoms with E-state index in [1.165, 1.54) is 16.7 Å². The molecule has 0 aromatic heterocycles. The summed E-state index contributed by atoms with van der Waals surface area (Å²) in [5.74, 6) is 0.815. The van der Waals surface area contributed by atoms with Gasteiger partial charge in [-0.2, -0.15) is 0 Å². The normalized spacial score (nSPS) is 18.8. The summed E-state index contributed by atoms with van der Waals surface area (Å²) in [6.07, 6.45) is 1.71. The van der Waals surface area contributed by atoms with E-state index in [-0.39, 0.29) is 0 Å². The third kappa shape index (κ3) is 5.32. The van der Waals surface area contributed by atoms with Crippen molar-refractivity contribution in [2.45, 2.75) is 31.5 Å². The number of rotatable bonds is 8. The van der Waals surface area contributed by atoms with E-state index in [2.05, 4.69) is 46.6 Å². The molecule has 150 valence electrons. The zero-order valence-electron chi connectivity index (χ0n) is 16.3. The molecule has 1 unspecified atom stereocenters. The third-order valence-corrected chi connectivity index (χ3v) is 5.56. The predicted molar refractivity (Wildman–Crippen MR) is 110 cm³/mol. The van der Waals surface area contributed by atoms with Gasteiger partial charge in [-0.3, -0.25) is 4.90 Å². The Balaban J connectivity index is 1.22. The minimum absolute atomic E-state index is 0.312. The summed E-state index contributed by atoms with van der Waals surface area (Å²) in [6.45, 7) is 5.01. The Morgan fingerprint density at radius 3 is 2.57 bits per heavy atom. The van der Waals surface area contributed by atoms with Crippen LogP contribution in [0, 0.1) is 0 Å². The van der Waals surface area contributed by atoms with Crippen molar-refractivity contribution in [2.24, 2.45) is 0 Å². The van der Waals surface area contributed by atoms with Gasteiger partial charge in [0.25, 0.3) is 0 Å². The maximum absolute atomic E-state index is 10.2. The van der Waals surface area contributed by atoms with Gasteiger partial charge in [0.1, 0.15) is 18.5 Å². The number of fused-ring (bicyclic) bond motifs is 1. The molecule has 1 atom stereocenters. The molecule has 2 aromatic carbocycles. The fraction of sp³-hybridized carbons (Fsp3) is 0.478. The maximum atomic E-state index is 10.2. The lowest BCUT2D eigenvalue weighted by molar-refractivity contribution is 0.00465. The van der Waals surface area contributed by atoms with E-state index in [0.717, 1.165) is 51.4 Å². The van der Waals surface area contributed by atoms with E-state index in [1.54, 1.807) is 0 Å². The number of β-amino-alcohol motifs (C(OH)–C–C–N with tert-alkyl or cyclic N) is 1. The van der Waals surface area contributed by atoms with Crippen LogP contribution in [0.2, 0.25) is 0 Å². The second-order valence-electron chi connectivity index (χ2n) is 7.78. The quantitative estimate of drug-likeness (QED) is 0.732. The summed E-state index contributed by atoms with van der Waals surface area (Å²) in [7, 11) is 0. The van der Waals surface area contributed by atoms with Crippen LogP contribution < -0.4 is 10.1 Å². The Labute approximate surface area is 167 Å². The fourth-order valence-corrected chi connectivity index (χ4v) is 4.04. The summed E-state index contributed by atoms with van der Waals surface area (Å²) >= 11 is 0. The molecule has 0 saturated carbocycles. The topological polar surface area (TPSA) is 54.0 Å². The third-order valence-electron chi connectivity index (χ3n) is 5.56. The Morgan fingerprint density at radius 1 is 1.07 bits per heavy atom. The van der Waals surface area contributed by atoms with Gasteiger partial charge in [0.15, 0.2) is 0 Å². The van der Waals surface area contributed by atoms with Crippen molar-refractivity contribution < 1.29 is 14.6 Å². The molecule has 28 heavy (non-hydrogen) atoms. The van der Waals surface area contributed by atoms with Crippen LogP contribution >= 0.6 is 0 Å². The number of nitrogens with zero attached hydrogens (tertiary/aromatic N) is 1. The van der Waals surface area contributed by atoms with Crippen LogP contribution in [0.5, 0.6) is 5.75 Å². The van der Waals surface area contributed by atoms with Crippen LogP contribution in [0.1, 0.15) is 16.7 Å². The second-order valence-corrected chi connectivity index (χ2v) is 7.78. The molecule has 2 N–H and O–H groups in total. The Hall–Kier alpha value is -1.92. The molecule has 1 aliphatic heterocycles. The number of hydrogen-bond donors (Lipinski definition) is 2. The first-order valence-corrected chi connectivity index (χ1v) is 10.3. The number of nitrogens with one attached hydrogen (secondary N) is 1. The first-order valence-electron chi connectivity index (χ1n) is 10.3. The van der Waals surface area contributed by atoms with Gasteiger partial charge in [0, 0.05) is 32.2 Å². The molecule has 1 saturated heterocycles. The number of aliphatic hydroxyl groups excluding tert-OH is 1. The Bertz CT molecular complexity index is 736. The standard InChI is InChI=1S/C23H30N2O3/c26-22(16-25-8-10-27-11-9-25)17-28-23-7-3-4-18(12-23)15-24-21-13-19-5-1-2-6-20(19)14-21/h1-7,12,21-22,24,26H,8-11,13-17H2. The van der Waals surface area contributed by atoms with E-state index < -0.39 is 6.10 Å². The molecule has 5 nitrogen and oxygen atoms in total. The Kier molecular flexibility index (Phi) is 6.60. The highest BCUT2D eigenvalue weighted by Crippen LogP contribution is 2.22. The number of aliphatic hydroxyl groups is 1. The summed E-state index contributed by atoms with van der Waals surface area (Å²) in [5, 5.41) is 13.9. The summed E-state index contributed by atoms with van der Waals surface area (Å²) in [4.78, 5) is 2.22. The van der Waals surface area contributed by atoms with Gasteiger partial charge < -0.3 is 19.9 Å². The van der Waals surface area contributed by atoms with Gasteiger partial charge in [-0.1, -0.05) is 36.4 Å². The van der Waals surface area contributed by atoms with Crippen LogP contribution in [0.15, 0.2) is 48.5 Å². The first kappa shape index (κ1) is 19.4. The monoisotopic (exact) mass is 382 g/mol. The molecule has 2 aromatic rings. The molecule has 5 heteroatoms. The predicted octanol–water partition coefficient (Wildman–Crippen LogP) is 2.02. The SMILES string of the molecule is OC(COc1cccc(CNC2Cc3ccccc3C2)c1)CN1CCOCC1. The fourth-order valence-electron chi connectivity index (χ4n) is 4.04. The number of benzene rings is 2. The Morgan fingerprint density at radius 2 is 1.82 bits per heavy atom. The number of ether oxygens (including phenoxy) is 2. The molecule has 4 rings (SSSR count). The van der Waals surface area contributed by atoms with Crippen molar-refractivity contribution in [3.8, 4) is 5.75 Å². The van der Waals surface area contributed by atoms with E-state index in [0.29, 0.717) is 19.2 Å². The summed E-state index contributed by atoms with van der Waals surface area (Å²) in [5.41, 5.74) is 4.13. The van der Waals surface area contributed by atoms with Crippen molar-refractivity contribution in [1.29, 1.82) is 0 Å². The van der Waals surface area contributed by atoms with Gasteiger partial charge in [-0.25, -0.2) is 0 Å². The van der Waals surface area contributed by atoms with Crippen LogP contribution in [-0.4, -0.2) is 61.6 Å². The highest BCUT2D eigenvalue weighted by molar-refractivity contribution is 5.33. The van der Waals surface area contributed by atoms with E-state index in [1.807, 2.05) is 12.1 Å². The largest absolute Gasteiger partial charge is 0.491 e. The van der Waals surface area contributed by atoms with Crippen LogP contribution in [0.3, 0.4) is 0 Å². The lowest BCUT2D eigenvalue weighted by Crippen LogP contribution is -2.42. The van der Waals surface area contributed by atoms with Crippen molar-refractivity contribution >= 4 is 0 Å². The van der Waals surface area contributed by atoms with Crippen LogP contribution in [0.25, 0.3) is 0 Å². The van der Waals surface area contributed by atoms with Crippen LogP contribution in [-0.2, 0) is 24.1 Å². The average molecular weight is 383 g/mol. The second kappa shape index (κ2) is 9.52. The van der Waals surface area contributed by atoms with E-state index in [9.17, 15) is 5.11 Å². The maximum Gasteiger partial charge on any atom is 0.119 e. The number of hydrogen-bond acceptors (Lipinski definition) is 5. The molecule has 1 aliphatic carbocycles. The first-order chi connectivity index (χ1) is 13.8. The van der Waals surface area contributed by atoms with Crippen molar-refractivity contribution in [1.82, 2.24) is 10.2 Å². The van der Waals surface area contributed by atoms with Gasteiger partial charge in [-0.15, -0.1) is 0 Å². The lowest BCUT2D eigenvalue weighted by Gasteiger charge is -2.28. The van der Waals surface area contributed by atoms with Gasteiger partial charge in [-0.05, 0) is 41.7 Å². The molecule has 0 spiro atoms. The van der Waals surface area contributed by atoms with Crippen molar-refractivity contribution in [2.75, 3.05) is 39.5 Å². The molecule has 2 aliphatic rings. The van der Waals surface area contributed by atoms with E-state index in [4.69, 9.17) is 9.47 Å². The zero-order valence-corrected chi connectivity index (χ0v) is 16.3. The highest BCUT2D eigenvalue weighted by atomic mass is 16.5. The molecule has 0 radical (unpaired) electrons. The van der Waals surface area contributed by atoms with Crippen molar-refractivity contribution in [3.05, 3.63) is 65.2 Å². The lowest BCUT2D eigenvalue weighted by atomic mass is 10.1. The van der Waals surface area contributed by atoms with Gasteiger partial charge >= 0.3 is 0 Å². The molecule has 0 bridgehead atoms. The zero-order chi connectivity index (χ0) is 19.2. The molecular formula is C23H30N2O3. The molecule has 1 heterocycles. The molecule has 0 amide bonds. The molecule has 1 fully saturated rings. The van der Waals surface area contributed by atoms with Gasteiger partial charge in [0.2, 0.25) is 0 Å². The average Bonchev–Trinajstić information content (AvgIpc) is 3.15. The smallest absolute Gasteiger partial charge is 0.119 e. The minimum atomic E-state index is -0.489. The van der Waals surface area contributed by atoms with E-state index >= 15 is 0 Å². The van der Waals surface area contributed by atoms with Gasteiger partial charge in [0.05, 0.1) is 13.2 Å². The minimum Gasteiger partial charge on any atom is -0.491 e. The van der Waals surface area contributed by atoms with Crippen molar-refractivity contribution in [3.63, 3.8) is 0 Å². The summed E-state index contributed by atoms with van der Waals surface area (Å²) in [6, 6.07) is 17.4.